The summed E-state index contributed by atoms with van der Waals surface area (Å²) in [5.74, 6) is 1.02. The molecule has 106 valence electrons. The Kier molecular flexibility index (Phi) is 5.40. The predicted octanol–water partition coefficient (Wildman–Crippen LogP) is 2.77. The molecule has 0 bridgehead atoms. The van der Waals surface area contributed by atoms with Crippen molar-refractivity contribution in [2.75, 3.05) is 26.7 Å². The maximum Gasteiger partial charge on any atom is 0.263 e. The number of rotatable bonds is 5. The van der Waals surface area contributed by atoms with E-state index in [0.717, 1.165) is 49.7 Å². The van der Waals surface area contributed by atoms with Gasteiger partial charge in [-0.05, 0) is 57.3 Å². The number of aryl methyl sites for hydroxylation is 1. The molecule has 3 nitrogen and oxygen atoms in total. The van der Waals surface area contributed by atoms with Crippen LogP contribution in [0.1, 0.15) is 40.7 Å². The van der Waals surface area contributed by atoms with Crippen molar-refractivity contribution in [3.05, 3.63) is 21.9 Å². The van der Waals surface area contributed by atoms with E-state index >= 15 is 0 Å². The molecule has 1 N–H and O–H groups in total. The maximum absolute atomic E-state index is 12.4. The third-order valence-corrected chi connectivity index (χ3v) is 5.14. The van der Waals surface area contributed by atoms with Gasteiger partial charge in [-0.3, -0.25) is 4.79 Å². The quantitative estimate of drug-likeness (QED) is 0.899. The molecule has 0 saturated carbocycles. The smallest absolute Gasteiger partial charge is 0.263 e. The average molecular weight is 280 g/mol. The fourth-order valence-corrected chi connectivity index (χ4v) is 3.53. The molecule has 1 fully saturated rings. The number of thiophene rings is 1. The summed E-state index contributed by atoms with van der Waals surface area (Å²) in [6.07, 6.45) is 4.56. The van der Waals surface area contributed by atoms with Crippen molar-refractivity contribution >= 4 is 17.2 Å². The summed E-state index contributed by atoms with van der Waals surface area (Å²) in [7, 11) is 2.00. The third kappa shape index (κ3) is 3.80. The highest BCUT2D eigenvalue weighted by Crippen LogP contribution is 2.24. The van der Waals surface area contributed by atoms with E-state index in [0.29, 0.717) is 0 Å². The van der Waals surface area contributed by atoms with Crippen molar-refractivity contribution < 1.29 is 4.79 Å². The molecule has 1 aliphatic heterocycles. The van der Waals surface area contributed by atoms with Gasteiger partial charge in [0.1, 0.15) is 0 Å². The summed E-state index contributed by atoms with van der Waals surface area (Å²) in [6.45, 7) is 5.07. The zero-order valence-electron chi connectivity index (χ0n) is 11.9. The normalized spacial score (nSPS) is 16.8. The Morgan fingerprint density at radius 1 is 1.42 bits per heavy atom. The first-order valence-corrected chi connectivity index (χ1v) is 8.08. The van der Waals surface area contributed by atoms with Crippen LogP contribution in [0.4, 0.5) is 0 Å². The fourth-order valence-electron chi connectivity index (χ4n) is 2.61. The molecule has 0 unspecified atom stereocenters. The van der Waals surface area contributed by atoms with Gasteiger partial charge in [-0.15, -0.1) is 11.3 Å². The summed E-state index contributed by atoms with van der Waals surface area (Å²) in [4.78, 5) is 16.6. The summed E-state index contributed by atoms with van der Waals surface area (Å²) in [6, 6.07) is 4.07. The lowest BCUT2D eigenvalue weighted by molar-refractivity contribution is 0.0692. The minimum Gasteiger partial charge on any atom is -0.338 e. The van der Waals surface area contributed by atoms with Crippen LogP contribution in [-0.2, 0) is 6.42 Å². The SMILES string of the molecule is CCc1ccc(C(=O)N2CCC(CCNC)CC2)s1. The summed E-state index contributed by atoms with van der Waals surface area (Å²) >= 11 is 1.65. The molecule has 2 rings (SSSR count). The van der Waals surface area contributed by atoms with E-state index in [9.17, 15) is 4.79 Å². The van der Waals surface area contributed by atoms with Crippen LogP contribution in [0.2, 0.25) is 0 Å². The lowest BCUT2D eigenvalue weighted by Gasteiger charge is -2.31. The van der Waals surface area contributed by atoms with Gasteiger partial charge in [0.25, 0.3) is 5.91 Å². The Morgan fingerprint density at radius 3 is 2.74 bits per heavy atom. The molecule has 0 atom stereocenters. The number of nitrogens with one attached hydrogen (secondary N) is 1. The molecule has 1 saturated heterocycles. The van der Waals surface area contributed by atoms with Crippen molar-refractivity contribution in [3.63, 3.8) is 0 Å². The van der Waals surface area contributed by atoms with E-state index in [1.807, 2.05) is 18.0 Å². The Balaban J connectivity index is 1.85. The van der Waals surface area contributed by atoms with Crippen molar-refractivity contribution in [1.82, 2.24) is 10.2 Å². The van der Waals surface area contributed by atoms with Gasteiger partial charge in [0.2, 0.25) is 0 Å². The summed E-state index contributed by atoms with van der Waals surface area (Å²) < 4.78 is 0. The maximum atomic E-state index is 12.4. The van der Waals surface area contributed by atoms with Gasteiger partial charge in [0.05, 0.1) is 4.88 Å². The highest BCUT2D eigenvalue weighted by Gasteiger charge is 2.24. The molecule has 1 aromatic heterocycles. The number of carbonyl (C=O) groups excluding carboxylic acids is 1. The first-order chi connectivity index (χ1) is 9.24. The first-order valence-electron chi connectivity index (χ1n) is 7.27. The molecule has 1 aliphatic rings. The van der Waals surface area contributed by atoms with Crippen LogP contribution < -0.4 is 5.32 Å². The van der Waals surface area contributed by atoms with Crippen molar-refractivity contribution in [3.8, 4) is 0 Å². The van der Waals surface area contributed by atoms with Crippen molar-refractivity contribution in [1.29, 1.82) is 0 Å². The van der Waals surface area contributed by atoms with Gasteiger partial charge >= 0.3 is 0 Å². The van der Waals surface area contributed by atoms with Crippen LogP contribution in [0.25, 0.3) is 0 Å². The molecule has 4 heteroatoms. The van der Waals surface area contributed by atoms with E-state index < -0.39 is 0 Å². The molecular formula is C15H24N2OS. The van der Waals surface area contributed by atoms with Gasteiger partial charge in [0, 0.05) is 18.0 Å². The lowest BCUT2D eigenvalue weighted by atomic mass is 9.93. The Hall–Kier alpha value is -0.870. The third-order valence-electron chi connectivity index (χ3n) is 3.93. The highest BCUT2D eigenvalue weighted by molar-refractivity contribution is 7.14. The summed E-state index contributed by atoms with van der Waals surface area (Å²) in [5, 5.41) is 3.21. The van der Waals surface area contributed by atoms with Gasteiger partial charge < -0.3 is 10.2 Å². The number of hydrogen-bond acceptors (Lipinski definition) is 3. The number of likely N-dealkylation sites (tertiary alicyclic amines) is 1. The zero-order valence-corrected chi connectivity index (χ0v) is 12.8. The van der Waals surface area contributed by atoms with Gasteiger partial charge in [-0.2, -0.15) is 0 Å². The molecule has 0 spiro atoms. The molecule has 0 aliphatic carbocycles. The van der Waals surface area contributed by atoms with E-state index in [4.69, 9.17) is 0 Å². The molecule has 0 radical (unpaired) electrons. The fraction of sp³-hybridized carbons (Fsp3) is 0.667. The zero-order chi connectivity index (χ0) is 13.7. The molecule has 0 aromatic carbocycles. The van der Waals surface area contributed by atoms with Crippen LogP contribution >= 0.6 is 11.3 Å². The van der Waals surface area contributed by atoms with Crippen LogP contribution in [0.15, 0.2) is 12.1 Å². The lowest BCUT2D eigenvalue weighted by Crippen LogP contribution is -2.38. The van der Waals surface area contributed by atoms with Crippen molar-refractivity contribution in [2.45, 2.75) is 32.6 Å². The van der Waals surface area contributed by atoms with Gasteiger partial charge in [-0.25, -0.2) is 0 Å². The summed E-state index contributed by atoms with van der Waals surface area (Å²) in [5.41, 5.74) is 0. The average Bonchev–Trinajstić information content (AvgIpc) is 2.94. The minimum absolute atomic E-state index is 0.233. The standard InChI is InChI=1S/C15H24N2OS/c1-3-13-4-5-14(19-13)15(18)17-10-7-12(8-11-17)6-9-16-2/h4-5,12,16H,3,6-11H2,1-2H3. The largest absolute Gasteiger partial charge is 0.338 e. The van der Waals surface area contributed by atoms with E-state index in [1.54, 1.807) is 11.3 Å². The van der Waals surface area contributed by atoms with Crippen LogP contribution in [0.3, 0.4) is 0 Å². The molecule has 2 heterocycles. The van der Waals surface area contributed by atoms with Crippen molar-refractivity contribution in [2.24, 2.45) is 5.92 Å². The molecule has 1 aromatic rings. The van der Waals surface area contributed by atoms with E-state index in [2.05, 4.69) is 18.3 Å². The number of hydrogen-bond donors (Lipinski definition) is 1. The van der Waals surface area contributed by atoms with Crippen LogP contribution in [0, 0.1) is 5.92 Å². The van der Waals surface area contributed by atoms with Gasteiger partial charge in [-0.1, -0.05) is 6.92 Å². The molecule has 19 heavy (non-hydrogen) atoms. The highest BCUT2D eigenvalue weighted by atomic mass is 32.1. The Morgan fingerprint density at radius 2 is 2.16 bits per heavy atom. The number of carbonyl (C=O) groups is 1. The van der Waals surface area contributed by atoms with E-state index in [-0.39, 0.29) is 5.91 Å². The second kappa shape index (κ2) is 7.06. The number of piperidine rings is 1. The molecule has 1 amide bonds. The first kappa shape index (κ1) is 14.5. The number of nitrogens with zero attached hydrogens (tertiary/aromatic N) is 1. The van der Waals surface area contributed by atoms with Crippen LogP contribution in [-0.4, -0.2) is 37.5 Å². The second-order valence-corrected chi connectivity index (χ2v) is 6.42. The number of amides is 1. The van der Waals surface area contributed by atoms with E-state index in [1.165, 1.54) is 11.3 Å². The predicted molar refractivity (Wildman–Crippen MR) is 80.9 cm³/mol. The minimum atomic E-state index is 0.233. The second-order valence-electron chi connectivity index (χ2n) is 5.25. The Bertz CT molecular complexity index is 408. The van der Waals surface area contributed by atoms with Gasteiger partial charge in [0.15, 0.2) is 0 Å². The van der Waals surface area contributed by atoms with Crippen LogP contribution in [0.5, 0.6) is 0 Å². The molecular weight excluding hydrogens is 256 g/mol. The topological polar surface area (TPSA) is 32.3 Å². The Labute approximate surface area is 120 Å². The monoisotopic (exact) mass is 280 g/mol.